The van der Waals surface area contributed by atoms with Gasteiger partial charge in [0.1, 0.15) is 11.5 Å². The highest BCUT2D eigenvalue weighted by molar-refractivity contribution is 5.97. The molecule has 2 heterocycles. The number of benzene rings is 2. The zero-order valence-corrected chi connectivity index (χ0v) is 14.9. The monoisotopic (exact) mass is 370 g/mol. The van der Waals surface area contributed by atoms with Gasteiger partial charge in [-0.1, -0.05) is 53.7 Å². The molecule has 28 heavy (non-hydrogen) atoms. The van der Waals surface area contributed by atoms with Crippen molar-refractivity contribution in [3.63, 3.8) is 0 Å². The summed E-state index contributed by atoms with van der Waals surface area (Å²) in [6, 6.07) is 18.9. The van der Waals surface area contributed by atoms with Crippen LogP contribution in [0.5, 0.6) is 0 Å². The number of fused-ring (bicyclic) bond motifs is 1. The van der Waals surface area contributed by atoms with E-state index in [4.69, 9.17) is 22.1 Å². The fourth-order valence-electron chi connectivity index (χ4n) is 3.01. The van der Waals surface area contributed by atoms with Gasteiger partial charge in [-0.3, -0.25) is 5.41 Å². The minimum Gasteiger partial charge on any atom is -0.409 e. The molecule has 138 valence electrons. The summed E-state index contributed by atoms with van der Waals surface area (Å²) in [6.07, 6.45) is 3.97. The molecule has 4 rings (SSSR count). The lowest BCUT2D eigenvalue weighted by molar-refractivity contribution is 0.318. The molecule has 0 aliphatic rings. The van der Waals surface area contributed by atoms with Crippen LogP contribution in [0.3, 0.4) is 0 Å². The minimum absolute atomic E-state index is 0.0456. The van der Waals surface area contributed by atoms with Crippen LogP contribution < -0.4 is 11.5 Å². The number of nitrogens with zero attached hydrogens (tertiary/aromatic N) is 3. The highest BCUT2D eigenvalue weighted by Crippen LogP contribution is 2.24. The quantitative estimate of drug-likeness (QED) is 0.191. The second-order valence-corrected chi connectivity index (χ2v) is 6.36. The van der Waals surface area contributed by atoms with Crippen LogP contribution >= 0.6 is 0 Å². The molecule has 0 aliphatic heterocycles. The van der Waals surface area contributed by atoms with Crippen LogP contribution in [0, 0.1) is 5.41 Å². The molecule has 2 aromatic carbocycles. The van der Waals surface area contributed by atoms with Crippen molar-refractivity contribution in [3.05, 3.63) is 84.2 Å². The summed E-state index contributed by atoms with van der Waals surface area (Å²) in [5.74, 6) is 0.126. The molecule has 0 aliphatic carbocycles. The summed E-state index contributed by atoms with van der Waals surface area (Å²) in [7, 11) is 0. The Hall–Kier alpha value is -4.13. The Kier molecular flexibility index (Phi) is 4.25. The van der Waals surface area contributed by atoms with Crippen LogP contribution in [0.1, 0.15) is 11.1 Å². The van der Waals surface area contributed by atoms with E-state index in [2.05, 4.69) is 10.1 Å². The van der Waals surface area contributed by atoms with Gasteiger partial charge in [0.05, 0.1) is 5.69 Å². The van der Waals surface area contributed by atoms with Crippen LogP contribution in [0.25, 0.3) is 28.0 Å². The molecule has 0 radical (unpaired) electrons. The number of imidazole rings is 1. The molecule has 0 amide bonds. The smallest absolute Gasteiger partial charge is 0.170 e. The van der Waals surface area contributed by atoms with Gasteiger partial charge in [0.2, 0.25) is 0 Å². The summed E-state index contributed by atoms with van der Waals surface area (Å²) in [4.78, 5) is 4.66. The number of nitrogens with two attached hydrogens (primary N) is 2. The van der Waals surface area contributed by atoms with E-state index in [9.17, 15) is 0 Å². The second-order valence-electron chi connectivity index (χ2n) is 6.36. The third kappa shape index (κ3) is 3.16. The number of hydrogen-bond donors (Lipinski definition) is 4. The van der Waals surface area contributed by atoms with E-state index in [1.165, 1.54) is 0 Å². The molecular formula is C21H18N6O. The van der Waals surface area contributed by atoms with E-state index in [1.54, 1.807) is 0 Å². The Morgan fingerprint density at radius 2 is 1.43 bits per heavy atom. The second kappa shape index (κ2) is 6.88. The highest BCUT2D eigenvalue weighted by Gasteiger charge is 2.07. The lowest BCUT2D eigenvalue weighted by atomic mass is 10.1. The van der Waals surface area contributed by atoms with E-state index in [0.717, 1.165) is 28.0 Å². The van der Waals surface area contributed by atoms with Crippen molar-refractivity contribution in [2.75, 3.05) is 0 Å². The number of rotatable bonds is 4. The average Bonchev–Trinajstić information content (AvgIpc) is 3.16. The number of nitrogen functional groups attached to an aromatic ring is 1. The summed E-state index contributed by atoms with van der Waals surface area (Å²) in [6.45, 7) is 0. The van der Waals surface area contributed by atoms with Crippen LogP contribution in [0.4, 0.5) is 0 Å². The van der Waals surface area contributed by atoms with E-state index in [-0.39, 0.29) is 11.7 Å². The predicted octanol–water partition coefficient (Wildman–Crippen LogP) is 3.05. The first-order chi connectivity index (χ1) is 13.5. The first-order valence-corrected chi connectivity index (χ1v) is 8.57. The van der Waals surface area contributed by atoms with Crippen LogP contribution in [-0.4, -0.2) is 26.3 Å². The maximum absolute atomic E-state index is 8.77. The Labute approximate surface area is 161 Å². The van der Waals surface area contributed by atoms with Crippen LogP contribution in [-0.2, 0) is 0 Å². The molecule has 0 fully saturated rings. The van der Waals surface area contributed by atoms with Crippen LogP contribution in [0.2, 0.25) is 0 Å². The molecule has 0 saturated heterocycles. The molecule has 0 atom stereocenters. The van der Waals surface area contributed by atoms with Gasteiger partial charge < -0.3 is 21.1 Å². The molecule has 4 aromatic rings. The Morgan fingerprint density at radius 1 is 0.821 bits per heavy atom. The molecule has 6 N–H and O–H groups in total. The van der Waals surface area contributed by atoms with Crippen LogP contribution in [0.15, 0.2) is 78.2 Å². The third-order valence-corrected chi connectivity index (χ3v) is 4.56. The van der Waals surface area contributed by atoms with Crippen molar-refractivity contribution < 1.29 is 5.21 Å². The van der Waals surface area contributed by atoms with Gasteiger partial charge in [0.15, 0.2) is 5.84 Å². The zero-order valence-electron chi connectivity index (χ0n) is 14.9. The summed E-state index contributed by atoms with van der Waals surface area (Å²) in [5.41, 5.74) is 17.1. The Bertz CT molecular complexity index is 1190. The summed E-state index contributed by atoms with van der Waals surface area (Å²) >= 11 is 0. The minimum atomic E-state index is 0.0456. The number of amidine groups is 2. The van der Waals surface area contributed by atoms with Crippen molar-refractivity contribution in [3.8, 4) is 22.4 Å². The third-order valence-electron chi connectivity index (χ3n) is 4.56. The summed E-state index contributed by atoms with van der Waals surface area (Å²) < 4.78 is 1.97. The summed E-state index contributed by atoms with van der Waals surface area (Å²) in [5, 5.41) is 19.3. The Morgan fingerprint density at radius 3 is 2.07 bits per heavy atom. The standard InChI is InChI=1S/C21H18N6O/c22-20(23)15-5-3-14(4-6-15)18-12-27-11-17(9-10-19(27)25-18)13-1-7-16(8-2-13)21(24)26-28/h1-12,28H,(H3,22,23)(H2,24,26). The van der Waals surface area contributed by atoms with E-state index in [1.807, 2.05) is 77.5 Å². The molecule has 0 unspecified atom stereocenters. The van der Waals surface area contributed by atoms with Crippen molar-refractivity contribution >= 4 is 17.3 Å². The van der Waals surface area contributed by atoms with E-state index >= 15 is 0 Å². The van der Waals surface area contributed by atoms with Gasteiger partial charge in [-0.2, -0.15) is 0 Å². The SMILES string of the molecule is N=C(N)c1ccc(-c2cn3cc(-c4ccc(/C(N)=N/O)cc4)ccc3n2)cc1. The van der Waals surface area contributed by atoms with E-state index in [0.29, 0.717) is 11.1 Å². The van der Waals surface area contributed by atoms with Crippen molar-refractivity contribution in [1.29, 1.82) is 5.41 Å². The molecule has 0 saturated carbocycles. The number of oxime groups is 1. The topological polar surface area (TPSA) is 126 Å². The molecule has 7 heteroatoms. The predicted molar refractivity (Wildman–Crippen MR) is 110 cm³/mol. The number of hydrogen-bond acceptors (Lipinski definition) is 4. The first-order valence-electron chi connectivity index (χ1n) is 8.57. The zero-order chi connectivity index (χ0) is 19.7. The largest absolute Gasteiger partial charge is 0.409 e. The molecule has 0 spiro atoms. The number of nitrogens with one attached hydrogen (secondary N) is 1. The number of pyridine rings is 1. The van der Waals surface area contributed by atoms with E-state index < -0.39 is 0 Å². The van der Waals surface area contributed by atoms with Gasteiger partial charge in [-0.15, -0.1) is 0 Å². The fourth-order valence-corrected chi connectivity index (χ4v) is 3.01. The van der Waals surface area contributed by atoms with Gasteiger partial charge in [-0.25, -0.2) is 4.98 Å². The van der Waals surface area contributed by atoms with Crippen molar-refractivity contribution in [2.45, 2.75) is 0 Å². The molecular weight excluding hydrogens is 352 g/mol. The maximum atomic E-state index is 8.77. The molecule has 7 nitrogen and oxygen atoms in total. The molecule has 0 bridgehead atoms. The Balaban J connectivity index is 1.67. The first kappa shape index (κ1) is 17.3. The average molecular weight is 370 g/mol. The lowest BCUT2D eigenvalue weighted by Gasteiger charge is -2.04. The van der Waals surface area contributed by atoms with Gasteiger partial charge in [0, 0.05) is 29.1 Å². The van der Waals surface area contributed by atoms with Gasteiger partial charge >= 0.3 is 0 Å². The van der Waals surface area contributed by atoms with Gasteiger partial charge in [0.25, 0.3) is 0 Å². The molecule has 2 aromatic heterocycles. The number of aromatic nitrogens is 2. The van der Waals surface area contributed by atoms with Gasteiger partial charge in [-0.05, 0) is 23.3 Å². The lowest BCUT2D eigenvalue weighted by Crippen LogP contribution is -2.12. The van der Waals surface area contributed by atoms with Crippen molar-refractivity contribution in [2.24, 2.45) is 16.6 Å². The van der Waals surface area contributed by atoms with Crippen molar-refractivity contribution in [1.82, 2.24) is 9.38 Å². The highest BCUT2D eigenvalue weighted by atomic mass is 16.4. The maximum Gasteiger partial charge on any atom is 0.170 e. The fraction of sp³-hybridized carbons (Fsp3) is 0. The normalized spacial score (nSPS) is 11.6.